The van der Waals surface area contributed by atoms with Crippen molar-refractivity contribution in [2.24, 2.45) is 0 Å². The number of ether oxygens (including phenoxy) is 3. The quantitative estimate of drug-likeness (QED) is 0.160. The van der Waals surface area contributed by atoms with Crippen LogP contribution in [-0.4, -0.2) is 60.5 Å². The number of aliphatic hydroxyl groups is 1. The van der Waals surface area contributed by atoms with Gasteiger partial charge in [0.15, 0.2) is 5.70 Å². The molecule has 2 unspecified atom stereocenters. The number of nitrogens with one attached hydrogen (secondary N) is 1. The number of aliphatic hydroxyl groups excluding tert-OH is 1. The minimum absolute atomic E-state index is 0.145. The lowest BCUT2D eigenvalue weighted by Gasteiger charge is -2.46. The Balaban J connectivity index is 1.86. The van der Waals surface area contributed by atoms with Crippen LogP contribution in [0.15, 0.2) is 60.0 Å². The van der Waals surface area contributed by atoms with Crippen molar-refractivity contribution in [1.82, 2.24) is 10.2 Å². The van der Waals surface area contributed by atoms with E-state index in [4.69, 9.17) is 14.2 Å². The number of rotatable bonds is 10. The molecule has 2 aromatic rings. The van der Waals surface area contributed by atoms with Gasteiger partial charge in [0, 0.05) is 5.75 Å². The lowest BCUT2D eigenvalue weighted by molar-refractivity contribution is -0.150. The number of nitrogens with zero attached hydrogens (tertiary/aromatic N) is 1. The van der Waals surface area contributed by atoms with Crippen molar-refractivity contribution < 1.29 is 33.7 Å². The van der Waals surface area contributed by atoms with Crippen LogP contribution in [0.25, 0.3) is 0 Å². The minimum atomic E-state index is -0.968. The monoisotopic (exact) mass is 518 g/mol. The number of β-lactam (4-membered cyclic amide) rings is 1. The molecular formula is C24H26N2O7S2. The maximum absolute atomic E-state index is 13.2. The Morgan fingerprint density at radius 2 is 1.66 bits per heavy atom. The summed E-state index contributed by atoms with van der Waals surface area (Å²) in [5.74, 6) is -1.14. The van der Waals surface area contributed by atoms with E-state index in [1.807, 2.05) is 30.3 Å². The third kappa shape index (κ3) is 5.68. The molecule has 2 aromatic carbocycles. The largest absolute Gasteiger partial charge is 0.510 e. The van der Waals surface area contributed by atoms with E-state index < -0.39 is 29.2 Å². The van der Waals surface area contributed by atoms with Gasteiger partial charge in [-0.05, 0) is 24.6 Å². The number of amides is 2. The number of carbonyl (C=O) groups is 3. The molecule has 1 aliphatic rings. The molecular weight excluding hydrogens is 492 g/mol. The number of methoxy groups -OCH3 is 3. The SMILES string of the molecule is COC(=O)C(=C(C)O)N1C(=O)C(NC(=O)c2c(OC)cccc2OC)C1SSCc1ccccc1. The van der Waals surface area contributed by atoms with Crippen molar-refractivity contribution >= 4 is 39.4 Å². The number of esters is 1. The van der Waals surface area contributed by atoms with Gasteiger partial charge in [0.1, 0.15) is 34.2 Å². The van der Waals surface area contributed by atoms with E-state index in [1.165, 1.54) is 42.7 Å². The maximum Gasteiger partial charge on any atom is 0.358 e. The molecule has 11 heteroatoms. The first-order valence-corrected chi connectivity index (χ1v) is 12.9. The Labute approximate surface area is 211 Å². The van der Waals surface area contributed by atoms with Crippen LogP contribution in [0.1, 0.15) is 22.8 Å². The fourth-order valence-corrected chi connectivity index (χ4v) is 6.23. The van der Waals surface area contributed by atoms with Gasteiger partial charge < -0.3 is 24.6 Å². The van der Waals surface area contributed by atoms with Crippen molar-refractivity contribution in [3.8, 4) is 11.5 Å². The highest BCUT2D eigenvalue weighted by Gasteiger charge is 2.53. The van der Waals surface area contributed by atoms with Crippen molar-refractivity contribution in [2.75, 3.05) is 21.3 Å². The Morgan fingerprint density at radius 1 is 1.03 bits per heavy atom. The zero-order valence-electron chi connectivity index (χ0n) is 19.6. The molecule has 0 aromatic heterocycles. The van der Waals surface area contributed by atoms with Crippen LogP contribution in [0, 0.1) is 0 Å². The van der Waals surface area contributed by atoms with Gasteiger partial charge in [0.25, 0.3) is 11.8 Å². The molecule has 186 valence electrons. The summed E-state index contributed by atoms with van der Waals surface area (Å²) in [5.41, 5.74) is 0.950. The van der Waals surface area contributed by atoms with E-state index in [0.29, 0.717) is 5.75 Å². The van der Waals surface area contributed by atoms with Crippen LogP contribution >= 0.6 is 21.6 Å². The van der Waals surface area contributed by atoms with Gasteiger partial charge in [-0.1, -0.05) is 58.0 Å². The Kier molecular flexibility index (Phi) is 8.94. The molecule has 0 saturated carbocycles. The number of benzene rings is 2. The molecule has 2 amide bonds. The smallest absolute Gasteiger partial charge is 0.358 e. The highest BCUT2D eigenvalue weighted by molar-refractivity contribution is 8.76. The van der Waals surface area contributed by atoms with Crippen LogP contribution in [-0.2, 0) is 20.1 Å². The summed E-state index contributed by atoms with van der Waals surface area (Å²) >= 11 is 0. The third-order valence-electron chi connectivity index (χ3n) is 5.18. The van der Waals surface area contributed by atoms with Crippen LogP contribution in [0.5, 0.6) is 11.5 Å². The summed E-state index contributed by atoms with van der Waals surface area (Å²) in [6, 6.07) is 13.7. The van der Waals surface area contributed by atoms with E-state index in [-0.39, 0.29) is 28.5 Å². The summed E-state index contributed by atoms with van der Waals surface area (Å²) in [7, 11) is 6.77. The summed E-state index contributed by atoms with van der Waals surface area (Å²) in [4.78, 5) is 39.8. The molecule has 35 heavy (non-hydrogen) atoms. The second kappa shape index (κ2) is 11.9. The molecule has 0 spiro atoms. The van der Waals surface area contributed by atoms with Crippen LogP contribution in [0.4, 0.5) is 0 Å². The lowest BCUT2D eigenvalue weighted by Crippen LogP contribution is -2.69. The predicted octanol–water partition coefficient (Wildman–Crippen LogP) is 3.51. The molecule has 9 nitrogen and oxygen atoms in total. The highest BCUT2D eigenvalue weighted by atomic mass is 33.1. The van der Waals surface area contributed by atoms with Crippen molar-refractivity contribution in [1.29, 1.82) is 0 Å². The van der Waals surface area contributed by atoms with Gasteiger partial charge in [-0.15, -0.1) is 0 Å². The molecule has 2 atom stereocenters. The van der Waals surface area contributed by atoms with Crippen LogP contribution in [0.2, 0.25) is 0 Å². The van der Waals surface area contributed by atoms with E-state index >= 15 is 0 Å². The number of likely N-dealkylation sites (tertiary alicyclic amines) is 1. The van der Waals surface area contributed by atoms with E-state index in [1.54, 1.807) is 18.2 Å². The molecule has 1 fully saturated rings. The van der Waals surface area contributed by atoms with Gasteiger partial charge in [0.05, 0.1) is 21.3 Å². The third-order valence-corrected chi connectivity index (χ3v) is 7.80. The first kappa shape index (κ1) is 26.3. The topological polar surface area (TPSA) is 114 Å². The Morgan fingerprint density at radius 3 is 2.20 bits per heavy atom. The molecule has 1 heterocycles. The molecule has 0 radical (unpaired) electrons. The summed E-state index contributed by atoms with van der Waals surface area (Å²) < 4.78 is 15.4. The minimum Gasteiger partial charge on any atom is -0.510 e. The fourth-order valence-electron chi connectivity index (χ4n) is 3.48. The lowest BCUT2D eigenvalue weighted by atomic mass is 10.0. The number of hydrogen-bond acceptors (Lipinski definition) is 9. The standard InChI is InChI=1S/C24H26N2O7S2/c1-14(27)20(24(30)33-4)26-22(29)19(23(26)35-34-13-15-9-6-5-7-10-15)25-21(28)18-16(31-2)11-8-12-17(18)32-3/h5-12,19,23,27H,13H2,1-4H3,(H,25,28). The van der Waals surface area contributed by atoms with Crippen LogP contribution in [0.3, 0.4) is 0 Å². The summed E-state index contributed by atoms with van der Waals surface area (Å²) in [5, 5.41) is 12.2. The van der Waals surface area contributed by atoms with Crippen LogP contribution < -0.4 is 14.8 Å². The van der Waals surface area contributed by atoms with Gasteiger partial charge in [0.2, 0.25) is 0 Å². The molecule has 0 aliphatic carbocycles. The van der Waals surface area contributed by atoms with Gasteiger partial charge in [-0.3, -0.25) is 14.5 Å². The van der Waals surface area contributed by atoms with E-state index in [9.17, 15) is 19.5 Å². The van der Waals surface area contributed by atoms with Gasteiger partial charge >= 0.3 is 5.97 Å². The second-order valence-corrected chi connectivity index (χ2v) is 9.84. The van der Waals surface area contributed by atoms with Gasteiger partial charge in [-0.25, -0.2) is 4.79 Å². The second-order valence-electron chi connectivity index (χ2n) is 7.36. The Bertz CT molecular complexity index is 1100. The summed E-state index contributed by atoms with van der Waals surface area (Å²) in [6.07, 6.45) is 0. The van der Waals surface area contributed by atoms with Gasteiger partial charge in [-0.2, -0.15) is 0 Å². The van der Waals surface area contributed by atoms with Crippen molar-refractivity contribution in [3.63, 3.8) is 0 Å². The molecule has 2 N–H and O–H groups in total. The average Bonchev–Trinajstić information content (AvgIpc) is 2.88. The zero-order valence-corrected chi connectivity index (χ0v) is 21.3. The first-order valence-electron chi connectivity index (χ1n) is 10.5. The summed E-state index contributed by atoms with van der Waals surface area (Å²) in [6.45, 7) is 1.30. The number of allylic oxidation sites excluding steroid dienone is 1. The molecule has 1 aliphatic heterocycles. The fraction of sp³-hybridized carbons (Fsp3) is 0.292. The van der Waals surface area contributed by atoms with Crippen molar-refractivity contribution in [2.45, 2.75) is 24.1 Å². The van der Waals surface area contributed by atoms with Crippen molar-refractivity contribution in [3.05, 3.63) is 71.1 Å². The van der Waals surface area contributed by atoms with E-state index in [0.717, 1.165) is 17.6 Å². The zero-order chi connectivity index (χ0) is 25.5. The normalized spacial score (nSPS) is 17.7. The average molecular weight is 519 g/mol. The first-order chi connectivity index (χ1) is 16.8. The molecule has 1 saturated heterocycles. The highest BCUT2D eigenvalue weighted by Crippen LogP contribution is 2.42. The maximum atomic E-state index is 13.2. The predicted molar refractivity (Wildman–Crippen MR) is 134 cm³/mol. The number of carbonyl (C=O) groups excluding carboxylic acids is 3. The molecule has 0 bridgehead atoms. The number of hydrogen-bond donors (Lipinski definition) is 2. The molecule has 3 rings (SSSR count). The van der Waals surface area contributed by atoms with E-state index in [2.05, 4.69) is 5.32 Å². The Hall–Kier alpha value is -3.31.